The summed E-state index contributed by atoms with van der Waals surface area (Å²) in [5.74, 6) is 1.56. The maximum atomic E-state index is 12.4. The average molecular weight is 394 g/mol. The fourth-order valence-corrected chi connectivity index (χ4v) is 2.67. The number of aromatic nitrogens is 2. The summed E-state index contributed by atoms with van der Waals surface area (Å²) < 4.78 is 15.7. The number of hydrogen-bond donors (Lipinski definition) is 2. The Morgan fingerprint density at radius 3 is 2.34 bits per heavy atom. The number of aromatic amines is 1. The summed E-state index contributed by atoms with van der Waals surface area (Å²) in [4.78, 5) is 12.4. The molecule has 0 aliphatic carbocycles. The lowest BCUT2D eigenvalue weighted by Gasteiger charge is -2.08. The van der Waals surface area contributed by atoms with Crippen molar-refractivity contribution < 1.29 is 19.0 Å². The van der Waals surface area contributed by atoms with E-state index in [1.807, 2.05) is 37.3 Å². The Bertz CT molecular complexity index is 1030. The number of nitrogens with zero attached hydrogens (tertiary/aromatic N) is 2. The molecule has 0 saturated heterocycles. The van der Waals surface area contributed by atoms with Gasteiger partial charge in [-0.1, -0.05) is 0 Å². The van der Waals surface area contributed by atoms with Crippen LogP contribution in [0.5, 0.6) is 17.2 Å². The van der Waals surface area contributed by atoms with E-state index in [1.165, 1.54) is 0 Å². The minimum atomic E-state index is -0.392. The molecule has 1 aromatic heterocycles. The lowest BCUT2D eigenvalue weighted by molar-refractivity contribution is 0.0950. The lowest BCUT2D eigenvalue weighted by atomic mass is 10.1. The molecule has 1 heterocycles. The van der Waals surface area contributed by atoms with Gasteiger partial charge in [0.25, 0.3) is 5.91 Å². The zero-order chi connectivity index (χ0) is 20.8. The van der Waals surface area contributed by atoms with Crippen LogP contribution in [0.25, 0.3) is 11.3 Å². The van der Waals surface area contributed by atoms with Gasteiger partial charge in [-0.2, -0.15) is 10.2 Å². The highest BCUT2D eigenvalue weighted by Crippen LogP contribution is 2.31. The van der Waals surface area contributed by atoms with Crippen molar-refractivity contribution in [3.05, 3.63) is 59.8 Å². The maximum absolute atomic E-state index is 12.4. The van der Waals surface area contributed by atoms with E-state index < -0.39 is 5.91 Å². The molecule has 3 rings (SSSR count). The third-order valence-electron chi connectivity index (χ3n) is 4.33. The molecule has 0 aliphatic rings. The Morgan fingerprint density at radius 2 is 1.69 bits per heavy atom. The Balaban J connectivity index is 1.72. The van der Waals surface area contributed by atoms with Gasteiger partial charge in [0.15, 0.2) is 11.5 Å². The van der Waals surface area contributed by atoms with E-state index >= 15 is 0 Å². The molecule has 0 spiro atoms. The van der Waals surface area contributed by atoms with Gasteiger partial charge in [0, 0.05) is 5.56 Å². The summed E-state index contributed by atoms with van der Waals surface area (Å²) in [5.41, 5.74) is 5.76. The quantitative estimate of drug-likeness (QED) is 0.473. The Kier molecular flexibility index (Phi) is 6.13. The molecule has 2 aromatic carbocycles. The van der Waals surface area contributed by atoms with Crippen LogP contribution in [-0.4, -0.2) is 43.1 Å². The van der Waals surface area contributed by atoms with E-state index in [4.69, 9.17) is 14.2 Å². The number of rotatable bonds is 7. The van der Waals surface area contributed by atoms with Crippen LogP contribution in [0.2, 0.25) is 0 Å². The highest BCUT2D eigenvalue weighted by atomic mass is 16.5. The van der Waals surface area contributed by atoms with Gasteiger partial charge >= 0.3 is 0 Å². The van der Waals surface area contributed by atoms with Gasteiger partial charge in [0.05, 0.1) is 32.7 Å². The zero-order valence-corrected chi connectivity index (χ0v) is 16.6. The molecule has 29 heavy (non-hydrogen) atoms. The van der Waals surface area contributed by atoms with Gasteiger partial charge in [0.2, 0.25) is 0 Å². The topological polar surface area (TPSA) is 97.8 Å². The largest absolute Gasteiger partial charge is 0.497 e. The second-order valence-electron chi connectivity index (χ2n) is 6.10. The molecule has 0 fully saturated rings. The number of benzene rings is 2. The molecule has 0 unspecified atom stereocenters. The highest BCUT2D eigenvalue weighted by Gasteiger charge is 2.13. The summed E-state index contributed by atoms with van der Waals surface area (Å²) in [6.45, 7) is 1.81. The monoisotopic (exact) mass is 394 g/mol. The molecule has 0 saturated carbocycles. The summed E-state index contributed by atoms with van der Waals surface area (Å²) in [7, 11) is 4.74. The van der Waals surface area contributed by atoms with Crippen LogP contribution in [0, 0.1) is 0 Å². The molecule has 2 N–H and O–H groups in total. The lowest BCUT2D eigenvalue weighted by Crippen LogP contribution is -2.19. The summed E-state index contributed by atoms with van der Waals surface area (Å²) >= 11 is 0. The number of H-pyrrole nitrogens is 1. The van der Waals surface area contributed by atoms with Crippen molar-refractivity contribution in [3.63, 3.8) is 0 Å². The number of carbonyl (C=O) groups excluding carboxylic acids is 1. The molecule has 1 amide bonds. The van der Waals surface area contributed by atoms with Crippen molar-refractivity contribution >= 4 is 11.6 Å². The summed E-state index contributed by atoms with van der Waals surface area (Å²) in [5, 5.41) is 11.1. The fraction of sp³-hybridized carbons (Fsp3) is 0.190. The Labute approximate surface area is 168 Å². The van der Waals surface area contributed by atoms with Crippen LogP contribution < -0.4 is 19.6 Å². The maximum Gasteiger partial charge on any atom is 0.289 e. The predicted octanol–water partition coefficient (Wildman–Crippen LogP) is 3.26. The van der Waals surface area contributed by atoms with Crippen molar-refractivity contribution in [2.45, 2.75) is 6.92 Å². The zero-order valence-electron chi connectivity index (χ0n) is 16.6. The molecule has 3 aromatic rings. The number of nitrogens with one attached hydrogen (secondary N) is 2. The van der Waals surface area contributed by atoms with Crippen LogP contribution in [0.4, 0.5) is 0 Å². The van der Waals surface area contributed by atoms with E-state index in [1.54, 1.807) is 39.5 Å². The van der Waals surface area contributed by atoms with E-state index in [-0.39, 0.29) is 0 Å². The first-order valence-electron chi connectivity index (χ1n) is 8.82. The third-order valence-corrected chi connectivity index (χ3v) is 4.33. The minimum Gasteiger partial charge on any atom is -0.497 e. The first kappa shape index (κ1) is 19.9. The van der Waals surface area contributed by atoms with Gasteiger partial charge in [0.1, 0.15) is 11.4 Å². The summed E-state index contributed by atoms with van der Waals surface area (Å²) in [6.07, 6.45) is 0. The number of hydrazone groups is 1. The van der Waals surface area contributed by atoms with Crippen LogP contribution in [0.3, 0.4) is 0 Å². The van der Waals surface area contributed by atoms with Crippen LogP contribution in [-0.2, 0) is 0 Å². The standard InChI is InChI=1S/C21H22N4O4/c1-13(14-5-8-16(27-2)9-6-14)22-25-21(26)18-12-17(23-24-18)15-7-10-19(28-3)20(11-15)29-4/h5-12H,1-4H3,(H,23,24)(H,25,26)/b22-13-. The van der Waals surface area contributed by atoms with Crippen molar-refractivity contribution in [1.29, 1.82) is 0 Å². The van der Waals surface area contributed by atoms with E-state index in [9.17, 15) is 4.79 Å². The van der Waals surface area contributed by atoms with Gasteiger partial charge < -0.3 is 14.2 Å². The molecule has 8 nitrogen and oxygen atoms in total. The molecule has 0 radical (unpaired) electrons. The first-order valence-corrected chi connectivity index (χ1v) is 8.82. The second kappa shape index (κ2) is 8.92. The molecule has 0 bridgehead atoms. The summed E-state index contributed by atoms with van der Waals surface area (Å²) in [6, 6.07) is 14.5. The van der Waals surface area contributed by atoms with Gasteiger partial charge in [-0.05, 0) is 61.0 Å². The van der Waals surface area contributed by atoms with E-state index in [0.29, 0.717) is 28.6 Å². The number of carbonyl (C=O) groups is 1. The van der Waals surface area contributed by atoms with E-state index in [0.717, 1.165) is 16.9 Å². The van der Waals surface area contributed by atoms with Crippen LogP contribution in [0.1, 0.15) is 23.0 Å². The molecule has 0 aliphatic heterocycles. The highest BCUT2D eigenvalue weighted by molar-refractivity contribution is 6.00. The second-order valence-corrected chi connectivity index (χ2v) is 6.10. The number of amides is 1. The number of ether oxygens (including phenoxy) is 3. The van der Waals surface area contributed by atoms with Crippen molar-refractivity contribution in [1.82, 2.24) is 15.6 Å². The molecular weight excluding hydrogens is 372 g/mol. The molecular formula is C21H22N4O4. The minimum absolute atomic E-state index is 0.293. The Hall–Kier alpha value is -3.81. The van der Waals surface area contributed by atoms with Crippen molar-refractivity contribution in [2.75, 3.05) is 21.3 Å². The van der Waals surface area contributed by atoms with Gasteiger partial charge in [-0.15, -0.1) is 0 Å². The first-order chi connectivity index (χ1) is 14.0. The average Bonchev–Trinajstić information content (AvgIpc) is 3.27. The fourth-order valence-electron chi connectivity index (χ4n) is 2.67. The van der Waals surface area contributed by atoms with E-state index in [2.05, 4.69) is 20.7 Å². The van der Waals surface area contributed by atoms with Crippen molar-refractivity contribution in [3.8, 4) is 28.5 Å². The Morgan fingerprint density at radius 1 is 0.966 bits per heavy atom. The normalized spacial score (nSPS) is 11.1. The third kappa shape index (κ3) is 4.55. The molecule has 150 valence electrons. The predicted molar refractivity (Wildman–Crippen MR) is 110 cm³/mol. The number of methoxy groups -OCH3 is 3. The van der Waals surface area contributed by atoms with Crippen LogP contribution >= 0.6 is 0 Å². The SMILES string of the molecule is COc1ccc(/C(C)=N\NC(=O)c2cc(-c3ccc(OC)c(OC)c3)n[nH]2)cc1. The van der Waals surface area contributed by atoms with Gasteiger partial charge in [-0.3, -0.25) is 9.89 Å². The van der Waals surface area contributed by atoms with Crippen molar-refractivity contribution in [2.24, 2.45) is 5.10 Å². The molecule has 0 atom stereocenters. The van der Waals surface area contributed by atoms with Gasteiger partial charge in [-0.25, -0.2) is 5.43 Å². The van der Waals surface area contributed by atoms with Crippen LogP contribution in [0.15, 0.2) is 53.6 Å². The number of hydrogen-bond acceptors (Lipinski definition) is 6. The molecule has 8 heteroatoms. The smallest absolute Gasteiger partial charge is 0.289 e.